The van der Waals surface area contributed by atoms with E-state index in [9.17, 15) is 4.79 Å². The molecule has 4 rings (SSSR count). The Balaban J connectivity index is 0.00000210. The number of carbonyl (C=O) groups is 1. The van der Waals surface area contributed by atoms with Crippen LogP contribution in [0.25, 0.3) is 11.3 Å². The van der Waals surface area contributed by atoms with E-state index in [0.717, 1.165) is 44.0 Å². The molecule has 1 amide bonds. The Hall–Kier alpha value is -1.56. The Bertz CT molecular complexity index is 796. The number of nitrogens with one attached hydrogen (secondary N) is 1. The van der Waals surface area contributed by atoms with Crippen molar-refractivity contribution in [1.29, 1.82) is 0 Å². The number of nitrogens with zero attached hydrogens (tertiary/aromatic N) is 2. The number of benzene rings is 1. The molecule has 146 valence electrons. The van der Waals surface area contributed by atoms with Crippen LogP contribution in [0.15, 0.2) is 28.8 Å². The monoisotopic (exact) mass is 409 g/mol. The van der Waals surface area contributed by atoms with E-state index >= 15 is 0 Å². The molecule has 5 nitrogen and oxygen atoms in total. The van der Waals surface area contributed by atoms with Crippen molar-refractivity contribution in [3.05, 3.63) is 40.6 Å². The molecule has 0 unspecified atom stereocenters. The minimum absolute atomic E-state index is 0. The highest BCUT2D eigenvalue weighted by molar-refractivity contribution is 6.33. The van der Waals surface area contributed by atoms with Crippen LogP contribution < -0.4 is 5.32 Å². The van der Waals surface area contributed by atoms with E-state index in [1.165, 1.54) is 12.8 Å². The Labute approximate surface area is 170 Å². The van der Waals surface area contributed by atoms with Gasteiger partial charge in [-0.15, -0.1) is 12.4 Å². The van der Waals surface area contributed by atoms with Crippen molar-refractivity contribution < 1.29 is 9.32 Å². The molecule has 1 saturated heterocycles. The number of halogens is 2. The second-order valence-electron chi connectivity index (χ2n) is 7.36. The van der Waals surface area contributed by atoms with E-state index in [-0.39, 0.29) is 18.3 Å². The van der Waals surface area contributed by atoms with Crippen LogP contribution in [0.2, 0.25) is 5.02 Å². The molecule has 0 radical (unpaired) electrons. The summed E-state index contributed by atoms with van der Waals surface area (Å²) in [4.78, 5) is 15.0. The normalized spacial score (nSPS) is 17.6. The van der Waals surface area contributed by atoms with E-state index in [1.54, 1.807) is 13.0 Å². The van der Waals surface area contributed by atoms with Crippen molar-refractivity contribution in [3.8, 4) is 11.3 Å². The number of amides is 1. The van der Waals surface area contributed by atoms with Crippen LogP contribution >= 0.6 is 24.0 Å². The number of hydrogen-bond acceptors (Lipinski definition) is 4. The lowest BCUT2D eigenvalue weighted by Crippen LogP contribution is -2.45. The van der Waals surface area contributed by atoms with Gasteiger partial charge in [-0.25, -0.2) is 0 Å². The zero-order valence-electron chi connectivity index (χ0n) is 15.4. The van der Waals surface area contributed by atoms with Gasteiger partial charge in [0.1, 0.15) is 17.0 Å². The number of aromatic nitrogens is 1. The van der Waals surface area contributed by atoms with Crippen molar-refractivity contribution in [2.45, 2.75) is 38.6 Å². The Morgan fingerprint density at radius 2 is 1.96 bits per heavy atom. The molecule has 1 aliphatic carbocycles. The molecule has 1 aromatic heterocycles. The fraction of sp³-hybridized carbons (Fsp3) is 0.500. The summed E-state index contributed by atoms with van der Waals surface area (Å²) < 4.78 is 5.34. The van der Waals surface area contributed by atoms with Crippen molar-refractivity contribution in [2.24, 2.45) is 5.92 Å². The van der Waals surface area contributed by atoms with Gasteiger partial charge in [-0.05, 0) is 51.1 Å². The van der Waals surface area contributed by atoms with Crippen LogP contribution in [-0.4, -0.2) is 41.6 Å². The number of aryl methyl sites for hydroxylation is 1. The zero-order chi connectivity index (χ0) is 18.1. The first kappa shape index (κ1) is 20.2. The minimum Gasteiger partial charge on any atom is -0.360 e. The maximum atomic E-state index is 13.1. The van der Waals surface area contributed by atoms with Gasteiger partial charge >= 0.3 is 0 Å². The molecule has 2 fully saturated rings. The molecule has 2 heterocycles. The molecule has 2 aliphatic rings. The lowest BCUT2D eigenvalue weighted by Gasteiger charge is -2.32. The predicted octanol–water partition coefficient (Wildman–Crippen LogP) is 4.33. The summed E-state index contributed by atoms with van der Waals surface area (Å²) >= 11 is 6.30. The van der Waals surface area contributed by atoms with Crippen LogP contribution in [0.4, 0.5) is 0 Å². The molecular weight excluding hydrogens is 385 g/mol. The summed E-state index contributed by atoms with van der Waals surface area (Å²) in [6.07, 6.45) is 4.71. The Morgan fingerprint density at radius 1 is 1.26 bits per heavy atom. The highest BCUT2D eigenvalue weighted by Gasteiger charge is 2.30. The summed E-state index contributed by atoms with van der Waals surface area (Å²) in [6, 6.07) is 7.93. The largest absolute Gasteiger partial charge is 0.360 e. The zero-order valence-corrected chi connectivity index (χ0v) is 17.0. The number of hydrogen-bond donors (Lipinski definition) is 1. The van der Waals surface area contributed by atoms with Crippen molar-refractivity contribution in [3.63, 3.8) is 0 Å². The van der Waals surface area contributed by atoms with Crippen molar-refractivity contribution >= 4 is 29.9 Å². The highest BCUT2D eigenvalue weighted by Crippen LogP contribution is 2.32. The maximum Gasteiger partial charge on any atom is 0.259 e. The summed E-state index contributed by atoms with van der Waals surface area (Å²) in [5.74, 6) is 1.41. The number of rotatable bonds is 5. The second-order valence-corrected chi connectivity index (χ2v) is 7.77. The highest BCUT2D eigenvalue weighted by atomic mass is 35.5. The summed E-state index contributed by atoms with van der Waals surface area (Å²) in [5, 5.41) is 8.33. The average molecular weight is 410 g/mol. The van der Waals surface area contributed by atoms with Crippen LogP contribution in [0.5, 0.6) is 0 Å². The molecule has 1 aromatic carbocycles. The van der Waals surface area contributed by atoms with Gasteiger partial charge in [0.05, 0.1) is 5.02 Å². The van der Waals surface area contributed by atoms with Gasteiger partial charge in [0.15, 0.2) is 0 Å². The average Bonchev–Trinajstić information content (AvgIpc) is 3.41. The fourth-order valence-electron chi connectivity index (χ4n) is 3.56. The first-order chi connectivity index (χ1) is 12.6. The Morgan fingerprint density at radius 3 is 2.63 bits per heavy atom. The molecule has 7 heteroatoms. The quantitative estimate of drug-likeness (QED) is 0.797. The van der Waals surface area contributed by atoms with Gasteiger partial charge in [-0.3, -0.25) is 4.79 Å². The molecule has 0 spiro atoms. The topological polar surface area (TPSA) is 58.4 Å². The Kier molecular flexibility index (Phi) is 6.45. The van der Waals surface area contributed by atoms with Crippen LogP contribution in [-0.2, 0) is 0 Å². The van der Waals surface area contributed by atoms with Gasteiger partial charge < -0.3 is 14.7 Å². The predicted molar refractivity (Wildman–Crippen MR) is 109 cm³/mol. The van der Waals surface area contributed by atoms with Crippen LogP contribution in [0, 0.1) is 12.8 Å². The molecule has 1 saturated carbocycles. The molecule has 1 N–H and O–H groups in total. The first-order valence-corrected chi connectivity index (χ1v) is 9.75. The SMILES string of the molecule is Cc1onc(-c2ccccc2Cl)c1C(=O)N1CCC(NCC2CC2)CC1.Cl. The third kappa shape index (κ3) is 4.48. The van der Waals surface area contributed by atoms with Crippen molar-refractivity contribution in [1.82, 2.24) is 15.4 Å². The molecule has 27 heavy (non-hydrogen) atoms. The van der Waals surface area contributed by atoms with Crippen LogP contribution in [0.1, 0.15) is 41.8 Å². The van der Waals surface area contributed by atoms with Gasteiger partial charge in [-0.1, -0.05) is 35.0 Å². The van der Waals surface area contributed by atoms with Gasteiger partial charge in [-0.2, -0.15) is 0 Å². The van der Waals surface area contributed by atoms with Gasteiger partial charge in [0.25, 0.3) is 5.91 Å². The van der Waals surface area contributed by atoms with E-state index in [4.69, 9.17) is 16.1 Å². The van der Waals surface area contributed by atoms with E-state index in [1.807, 2.05) is 23.1 Å². The first-order valence-electron chi connectivity index (χ1n) is 9.37. The van der Waals surface area contributed by atoms with E-state index in [0.29, 0.717) is 28.1 Å². The summed E-state index contributed by atoms with van der Waals surface area (Å²) in [6.45, 7) is 4.42. The number of carbonyl (C=O) groups excluding carboxylic acids is 1. The third-order valence-corrected chi connectivity index (χ3v) is 5.71. The van der Waals surface area contributed by atoms with Crippen LogP contribution in [0.3, 0.4) is 0 Å². The summed E-state index contributed by atoms with van der Waals surface area (Å²) in [5.41, 5.74) is 1.80. The van der Waals surface area contributed by atoms with Crippen molar-refractivity contribution in [2.75, 3.05) is 19.6 Å². The maximum absolute atomic E-state index is 13.1. The minimum atomic E-state index is -0.0145. The number of piperidine rings is 1. The number of likely N-dealkylation sites (tertiary alicyclic amines) is 1. The van der Waals surface area contributed by atoms with Gasteiger partial charge in [0.2, 0.25) is 0 Å². The third-order valence-electron chi connectivity index (χ3n) is 5.38. The lowest BCUT2D eigenvalue weighted by molar-refractivity contribution is 0.0704. The van der Waals surface area contributed by atoms with E-state index in [2.05, 4.69) is 10.5 Å². The fourth-order valence-corrected chi connectivity index (χ4v) is 3.79. The standard InChI is InChI=1S/C20H24ClN3O2.ClH/c1-13-18(19(23-26-13)16-4-2-3-5-17(16)21)20(25)24-10-8-15(9-11-24)22-12-14-6-7-14;/h2-5,14-15,22H,6-12H2,1H3;1H. The molecule has 0 atom stereocenters. The summed E-state index contributed by atoms with van der Waals surface area (Å²) in [7, 11) is 0. The second kappa shape index (κ2) is 8.63. The molecule has 2 aromatic rings. The molecular formula is C20H25Cl2N3O2. The lowest BCUT2D eigenvalue weighted by atomic mass is 10.0. The smallest absolute Gasteiger partial charge is 0.259 e. The van der Waals surface area contributed by atoms with Gasteiger partial charge in [0, 0.05) is 24.7 Å². The molecule has 0 bridgehead atoms. The molecule has 1 aliphatic heterocycles. The van der Waals surface area contributed by atoms with E-state index < -0.39 is 0 Å².